The van der Waals surface area contributed by atoms with Crippen molar-refractivity contribution in [3.63, 3.8) is 0 Å². The van der Waals surface area contributed by atoms with E-state index in [-0.39, 0.29) is 24.2 Å². The van der Waals surface area contributed by atoms with Gasteiger partial charge < -0.3 is 9.47 Å². The number of fused-ring (bicyclic) bond motifs is 22. The quantitative estimate of drug-likeness (QED) is 0.171. The van der Waals surface area contributed by atoms with Gasteiger partial charge in [-0.2, -0.15) is 0 Å². The Hall–Kier alpha value is -9.50. The van der Waals surface area contributed by atoms with E-state index in [2.05, 4.69) is 240 Å². The molecule has 0 fully saturated rings. The number of benzene rings is 12. The van der Waals surface area contributed by atoms with E-state index in [4.69, 9.17) is 1.37 Å². The summed E-state index contributed by atoms with van der Waals surface area (Å²) in [7, 11) is 0. The summed E-state index contributed by atoms with van der Waals surface area (Å²) in [5.41, 5.74) is 21.5. The Balaban J connectivity index is 0.997. The van der Waals surface area contributed by atoms with Crippen LogP contribution < -0.4 is 4.90 Å². The van der Waals surface area contributed by atoms with Crippen LogP contribution >= 0.6 is 0 Å². The lowest BCUT2D eigenvalue weighted by Crippen LogP contribution is -2.32. The van der Waals surface area contributed by atoms with Crippen molar-refractivity contribution in [2.45, 2.75) is 10.8 Å². The average molecular weight is 941 g/mol. The van der Waals surface area contributed by atoms with Crippen molar-refractivity contribution in [2.24, 2.45) is 0 Å². The highest BCUT2D eigenvalue weighted by Gasteiger charge is 2.53. The number of hydrogen-bond donors (Lipinski definition) is 0. The minimum absolute atomic E-state index is 0.0217. The van der Waals surface area contributed by atoms with Gasteiger partial charge in [0.1, 0.15) is 0 Å². The van der Waals surface area contributed by atoms with Crippen molar-refractivity contribution >= 4 is 49.6 Å². The van der Waals surface area contributed by atoms with Gasteiger partial charge in [0.15, 0.2) is 0 Å². The van der Waals surface area contributed by atoms with E-state index < -0.39 is 10.8 Å². The molecule has 4 aliphatic carbocycles. The molecule has 0 aliphatic heterocycles. The molecule has 342 valence electrons. The summed E-state index contributed by atoms with van der Waals surface area (Å²) in [5.74, 6) is 0. The molecule has 0 amide bonds. The summed E-state index contributed by atoms with van der Waals surface area (Å²) >= 11 is 0. The van der Waals surface area contributed by atoms with Crippen LogP contribution in [0, 0.1) is 0 Å². The van der Waals surface area contributed by atoms with Crippen molar-refractivity contribution in [1.82, 2.24) is 4.57 Å². The summed E-state index contributed by atoms with van der Waals surface area (Å²) in [6.45, 7) is 0. The number of rotatable bonds is 4. The third-order valence-electron chi connectivity index (χ3n) is 17.1. The molecule has 1 heterocycles. The van der Waals surface area contributed by atoms with Crippen LogP contribution in [0.1, 0.15) is 50.0 Å². The molecule has 1 unspecified atom stereocenters. The average Bonchev–Trinajstić information content (AvgIpc) is 3.54. The zero-order chi connectivity index (χ0) is 51.8. The number of anilines is 3. The number of hydrogen-bond acceptors (Lipinski definition) is 1. The Bertz CT molecular complexity index is 4750. The smallest absolute Gasteiger partial charge is 0.0726 e. The van der Waals surface area contributed by atoms with Gasteiger partial charge in [-0.15, -0.1) is 0 Å². The maximum atomic E-state index is 9.99. The molecule has 0 bridgehead atoms. The fourth-order valence-corrected chi connectivity index (χ4v) is 14.4. The maximum absolute atomic E-state index is 9.99. The van der Waals surface area contributed by atoms with Gasteiger partial charge in [-0.1, -0.05) is 212 Å². The van der Waals surface area contributed by atoms with E-state index in [0.717, 1.165) is 83.3 Å². The van der Waals surface area contributed by atoms with Crippen molar-refractivity contribution in [3.05, 3.63) is 311 Å². The van der Waals surface area contributed by atoms with E-state index in [0.29, 0.717) is 11.1 Å². The van der Waals surface area contributed by atoms with E-state index in [1.807, 2.05) is 12.1 Å². The lowest BCUT2D eigenvalue weighted by molar-refractivity contribution is 0.773. The molecular weight excluding hydrogens is 893 g/mol. The molecule has 0 saturated carbocycles. The highest BCUT2D eigenvalue weighted by molar-refractivity contribution is 6.11. The van der Waals surface area contributed by atoms with Crippen molar-refractivity contribution in [2.75, 3.05) is 4.90 Å². The third-order valence-corrected chi connectivity index (χ3v) is 17.1. The Morgan fingerprint density at radius 1 is 0.311 bits per heavy atom. The molecule has 12 aromatic carbocycles. The zero-order valence-corrected chi connectivity index (χ0v) is 40.0. The van der Waals surface area contributed by atoms with E-state index in [1.54, 1.807) is 0 Å². The molecule has 17 rings (SSSR count). The third kappa shape index (κ3) is 4.91. The Kier molecular flexibility index (Phi) is 7.17. The summed E-state index contributed by atoms with van der Waals surface area (Å²) in [5, 5.41) is 4.50. The van der Waals surface area contributed by atoms with Crippen LogP contribution in [0.2, 0.25) is 0 Å². The van der Waals surface area contributed by atoms with Gasteiger partial charge >= 0.3 is 0 Å². The lowest BCUT2D eigenvalue weighted by Gasteiger charge is -2.41. The van der Waals surface area contributed by atoms with Crippen LogP contribution in [0.4, 0.5) is 17.1 Å². The largest absolute Gasteiger partial charge is 0.310 e. The van der Waals surface area contributed by atoms with Gasteiger partial charge in [0.25, 0.3) is 0 Å². The van der Waals surface area contributed by atoms with Gasteiger partial charge in [-0.3, -0.25) is 0 Å². The standard InChI is InChI=1S/C72H44N2/c1-2-20-46(21-3-1)74-68-35-15-9-27-57(68)58-41-38-49(44-69(58)74)73(47-36-39-55-54-26-8-12-31-62(54)71(66(55)42-47)60-29-10-4-22-50(60)51-23-5-11-30-61(51)71)48-37-40-56-59-28-16-18-45-19-17-34-65(70(45)59)72(67(56)43-48)63-32-13-6-24-52(63)53-25-7-14-33-64(53)72/h1-44H/i6D,13D,24D,32D. The van der Waals surface area contributed by atoms with E-state index in [9.17, 15) is 4.11 Å². The number of para-hydroxylation sites is 2. The van der Waals surface area contributed by atoms with Crippen LogP contribution in [0.25, 0.3) is 82.8 Å². The Morgan fingerprint density at radius 3 is 1.43 bits per heavy atom. The maximum Gasteiger partial charge on any atom is 0.0726 e. The first kappa shape index (κ1) is 36.4. The molecule has 1 atom stereocenters. The molecular formula is C72H44N2. The molecule has 74 heavy (non-hydrogen) atoms. The first-order valence-electron chi connectivity index (χ1n) is 27.6. The van der Waals surface area contributed by atoms with Crippen LogP contribution in [-0.4, -0.2) is 4.57 Å². The second-order valence-electron chi connectivity index (χ2n) is 20.3. The van der Waals surface area contributed by atoms with Crippen LogP contribution in [-0.2, 0) is 10.8 Å². The predicted molar refractivity (Wildman–Crippen MR) is 306 cm³/mol. The van der Waals surface area contributed by atoms with Gasteiger partial charge in [-0.25, -0.2) is 0 Å². The normalized spacial score (nSPS) is 16.2. The first-order valence-corrected chi connectivity index (χ1v) is 25.6. The molecule has 0 radical (unpaired) electrons. The lowest BCUT2D eigenvalue weighted by atomic mass is 9.61. The molecule has 1 aromatic heterocycles. The summed E-state index contributed by atoms with van der Waals surface area (Å²) in [4.78, 5) is 2.42. The molecule has 0 saturated heterocycles. The Morgan fingerprint density at radius 2 is 0.770 bits per heavy atom. The van der Waals surface area contributed by atoms with E-state index in [1.165, 1.54) is 49.9 Å². The van der Waals surface area contributed by atoms with Crippen LogP contribution in [0.3, 0.4) is 0 Å². The fraction of sp³-hybridized carbons (Fsp3) is 0.0278. The van der Waals surface area contributed by atoms with E-state index >= 15 is 0 Å². The van der Waals surface area contributed by atoms with Gasteiger partial charge in [0, 0.05) is 33.5 Å². The highest BCUT2D eigenvalue weighted by atomic mass is 15.1. The van der Waals surface area contributed by atoms with Crippen molar-refractivity contribution < 1.29 is 5.48 Å². The SMILES string of the molecule is [2H]c1c([2H])c([2H])c2c(c1[2H])-c1ccccc1C21c2cc(N(c3ccc4c(c3)C3(c5ccccc5-c5ccccc53)c3ccccc3-4)c3ccc4c5ccccc5n(-c5ccccc5)c4c3)ccc2-c2cccc3cccc1c23. The minimum Gasteiger partial charge on any atom is -0.310 e. The summed E-state index contributed by atoms with van der Waals surface area (Å²) in [6.07, 6.45) is 0. The second-order valence-corrected chi connectivity index (χ2v) is 20.3. The monoisotopic (exact) mass is 940 g/mol. The summed E-state index contributed by atoms with van der Waals surface area (Å²) in [6, 6.07) is 87.7. The molecule has 13 aromatic rings. The molecule has 2 spiro atoms. The minimum atomic E-state index is -1.11. The topological polar surface area (TPSA) is 8.17 Å². The number of nitrogens with zero attached hydrogens (tertiary/aromatic N) is 2. The van der Waals surface area contributed by atoms with Crippen molar-refractivity contribution in [1.29, 1.82) is 0 Å². The van der Waals surface area contributed by atoms with Gasteiger partial charge in [-0.05, 0) is 154 Å². The first-order chi connectivity index (χ1) is 38.4. The van der Waals surface area contributed by atoms with Crippen LogP contribution in [0.5, 0.6) is 0 Å². The fourth-order valence-electron chi connectivity index (χ4n) is 14.4. The predicted octanol–water partition coefficient (Wildman–Crippen LogP) is 18.1. The molecule has 2 nitrogen and oxygen atoms in total. The van der Waals surface area contributed by atoms with Gasteiger partial charge in [0.2, 0.25) is 0 Å². The molecule has 0 N–H and O–H groups in total. The summed E-state index contributed by atoms with van der Waals surface area (Å²) < 4.78 is 40.4. The van der Waals surface area contributed by atoms with Crippen molar-refractivity contribution in [3.8, 4) is 50.2 Å². The van der Waals surface area contributed by atoms with Gasteiger partial charge in [0.05, 0.1) is 27.3 Å². The molecule has 2 heteroatoms. The zero-order valence-electron chi connectivity index (χ0n) is 44.0. The number of aromatic nitrogens is 1. The highest BCUT2D eigenvalue weighted by Crippen LogP contribution is 2.65. The Labute approximate surface area is 434 Å². The second kappa shape index (κ2) is 14.6. The van der Waals surface area contributed by atoms with Crippen LogP contribution in [0.15, 0.2) is 267 Å². The molecule has 4 aliphatic rings.